The lowest BCUT2D eigenvalue weighted by molar-refractivity contribution is -0.624. The number of ether oxygens (including phenoxy) is 3. The number of carbonyl (C=O) groups is 2. The monoisotopic (exact) mass is 618 g/mol. The standard InChI is InChI=1S/C38H50O7/c1-7-9-10-11-12-15-35(40)43-32-19-16-29(17-20-32)26-42-36-30(14-13-22-39)18-21-34(33(36)8-2)38(41-6)37(5,44-45-38)31-24-27(3)23-28(4)25-31/h13-14,16-22,28,31H,3,7-12,15,23-26H2,1-2,4-6H3/b14-13+. The van der Waals surface area contributed by atoms with Crippen molar-refractivity contribution in [3.63, 3.8) is 0 Å². The summed E-state index contributed by atoms with van der Waals surface area (Å²) in [5, 5.41) is 0. The van der Waals surface area contributed by atoms with E-state index in [-0.39, 0.29) is 18.5 Å². The van der Waals surface area contributed by atoms with Crippen molar-refractivity contribution in [3.8, 4) is 11.5 Å². The fourth-order valence-corrected chi connectivity index (χ4v) is 6.86. The Labute approximate surface area is 268 Å². The van der Waals surface area contributed by atoms with Crippen LogP contribution in [0, 0.1) is 11.8 Å². The van der Waals surface area contributed by atoms with E-state index in [1.54, 1.807) is 25.3 Å². The zero-order valence-corrected chi connectivity index (χ0v) is 27.7. The molecule has 2 aromatic rings. The number of hydrogen-bond acceptors (Lipinski definition) is 7. The molecule has 1 aliphatic heterocycles. The number of benzene rings is 2. The van der Waals surface area contributed by atoms with Crippen molar-refractivity contribution in [2.45, 2.75) is 110 Å². The third-order valence-corrected chi connectivity index (χ3v) is 9.29. The molecule has 4 atom stereocenters. The topological polar surface area (TPSA) is 80.3 Å². The highest BCUT2D eigenvalue weighted by Crippen LogP contribution is 2.58. The minimum Gasteiger partial charge on any atom is -0.488 e. The van der Waals surface area contributed by atoms with Gasteiger partial charge in [-0.05, 0) is 74.8 Å². The first-order chi connectivity index (χ1) is 21.7. The summed E-state index contributed by atoms with van der Waals surface area (Å²) >= 11 is 0. The van der Waals surface area contributed by atoms with Gasteiger partial charge in [-0.15, -0.1) is 0 Å². The van der Waals surface area contributed by atoms with E-state index >= 15 is 0 Å². The molecule has 2 aliphatic rings. The van der Waals surface area contributed by atoms with Crippen LogP contribution in [0.15, 0.2) is 54.6 Å². The third kappa shape index (κ3) is 7.76. The first-order valence-electron chi connectivity index (χ1n) is 16.5. The normalized spacial score (nSPS) is 24.8. The molecule has 45 heavy (non-hydrogen) atoms. The Balaban J connectivity index is 1.55. The van der Waals surface area contributed by atoms with E-state index < -0.39 is 11.4 Å². The van der Waals surface area contributed by atoms with E-state index in [1.807, 2.05) is 24.3 Å². The SMILES string of the molecule is C=C1CC(C)CC(C2(C)OOC2(OC)c2ccc(/C=C/C=O)c(OCc3ccc(OC(=O)CCCCCCC)cc3)c2CC)C1. The van der Waals surface area contributed by atoms with E-state index in [4.69, 9.17) is 24.0 Å². The van der Waals surface area contributed by atoms with Gasteiger partial charge in [-0.2, -0.15) is 4.89 Å². The van der Waals surface area contributed by atoms with Gasteiger partial charge >= 0.3 is 5.97 Å². The van der Waals surface area contributed by atoms with E-state index in [0.29, 0.717) is 30.3 Å². The van der Waals surface area contributed by atoms with Gasteiger partial charge in [0.25, 0.3) is 5.79 Å². The van der Waals surface area contributed by atoms with Gasteiger partial charge in [0.1, 0.15) is 24.4 Å². The Bertz CT molecular complexity index is 1340. The molecule has 1 saturated heterocycles. The highest BCUT2D eigenvalue weighted by atomic mass is 17.3. The quantitative estimate of drug-likeness (QED) is 0.0354. The summed E-state index contributed by atoms with van der Waals surface area (Å²) in [5.41, 5.74) is 3.95. The number of hydrogen-bond donors (Lipinski definition) is 0. The lowest BCUT2D eigenvalue weighted by Gasteiger charge is -2.58. The molecule has 1 saturated carbocycles. The van der Waals surface area contributed by atoms with Crippen molar-refractivity contribution in [1.29, 1.82) is 0 Å². The van der Waals surface area contributed by atoms with Gasteiger partial charge in [-0.1, -0.05) is 82.9 Å². The predicted molar refractivity (Wildman–Crippen MR) is 176 cm³/mol. The molecule has 4 rings (SSSR count). The summed E-state index contributed by atoms with van der Waals surface area (Å²) in [6.45, 7) is 13.1. The fourth-order valence-electron chi connectivity index (χ4n) is 6.86. The zero-order chi connectivity index (χ0) is 32.5. The first-order valence-corrected chi connectivity index (χ1v) is 16.5. The average molecular weight is 619 g/mol. The number of unbranched alkanes of at least 4 members (excludes halogenated alkanes) is 4. The maximum atomic E-state index is 12.3. The molecule has 0 aromatic heterocycles. The number of aldehydes is 1. The lowest BCUT2D eigenvalue weighted by Crippen LogP contribution is -2.68. The highest BCUT2D eigenvalue weighted by molar-refractivity contribution is 5.76. The number of rotatable bonds is 16. The van der Waals surface area contributed by atoms with Crippen molar-refractivity contribution in [3.05, 3.63) is 76.9 Å². The number of methoxy groups -OCH3 is 1. The van der Waals surface area contributed by atoms with Crippen molar-refractivity contribution in [1.82, 2.24) is 0 Å². The lowest BCUT2D eigenvalue weighted by atomic mass is 9.66. The maximum absolute atomic E-state index is 12.3. The molecular weight excluding hydrogens is 568 g/mol. The van der Waals surface area contributed by atoms with Crippen molar-refractivity contribution in [2.24, 2.45) is 11.8 Å². The second kappa shape index (κ2) is 15.8. The van der Waals surface area contributed by atoms with E-state index in [9.17, 15) is 9.59 Å². The van der Waals surface area contributed by atoms with E-state index in [0.717, 1.165) is 67.1 Å². The summed E-state index contributed by atoms with van der Waals surface area (Å²) in [7, 11) is 1.66. The molecule has 0 spiro atoms. The van der Waals surface area contributed by atoms with Crippen molar-refractivity contribution < 1.29 is 33.6 Å². The van der Waals surface area contributed by atoms with Crippen molar-refractivity contribution in [2.75, 3.05) is 7.11 Å². The van der Waals surface area contributed by atoms with Crippen LogP contribution in [0.2, 0.25) is 0 Å². The number of esters is 1. The Kier molecular flexibility index (Phi) is 12.2. The van der Waals surface area contributed by atoms with Crippen LogP contribution in [0.5, 0.6) is 11.5 Å². The fraction of sp³-hybridized carbons (Fsp3) is 0.526. The summed E-state index contributed by atoms with van der Waals surface area (Å²) in [5.74, 6) is 0.498. The summed E-state index contributed by atoms with van der Waals surface area (Å²) in [4.78, 5) is 35.4. The summed E-state index contributed by atoms with van der Waals surface area (Å²) < 4.78 is 18.3. The van der Waals surface area contributed by atoms with Crippen LogP contribution in [-0.4, -0.2) is 25.0 Å². The molecule has 0 N–H and O–H groups in total. The number of carbonyl (C=O) groups excluding carboxylic acids is 2. The second-order valence-corrected chi connectivity index (χ2v) is 12.7. The van der Waals surface area contributed by atoms with Crippen molar-refractivity contribution >= 4 is 18.3 Å². The Morgan fingerprint density at radius 2 is 1.80 bits per heavy atom. The Hall–Kier alpha value is -3.26. The van der Waals surface area contributed by atoms with Crippen LogP contribution in [-0.2, 0) is 42.9 Å². The average Bonchev–Trinajstić information content (AvgIpc) is 3.02. The van der Waals surface area contributed by atoms with Crippen LogP contribution >= 0.6 is 0 Å². The highest BCUT2D eigenvalue weighted by Gasteiger charge is 2.67. The molecule has 1 aliphatic carbocycles. The zero-order valence-electron chi connectivity index (χ0n) is 27.7. The van der Waals surface area contributed by atoms with Gasteiger partial charge in [0, 0.05) is 36.1 Å². The van der Waals surface area contributed by atoms with Crippen LogP contribution in [0.4, 0.5) is 0 Å². The van der Waals surface area contributed by atoms with Gasteiger partial charge in [0.05, 0.1) is 0 Å². The molecule has 0 amide bonds. The molecule has 0 radical (unpaired) electrons. The van der Waals surface area contributed by atoms with Gasteiger partial charge in [0.15, 0.2) is 5.60 Å². The third-order valence-electron chi connectivity index (χ3n) is 9.29. The van der Waals surface area contributed by atoms with Crippen LogP contribution in [0.1, 0.15) is 108 Å². The van der Waals surface area contributed by atoms with Crippen LogP contribution < -0.4 is 9.47 Å². The molecule has 7 nitrogen and oxygen atoms in total. The minimum atomic E-state index is -1.13. The predicted octanol–water partition coefficient (Wildman–Crippen LogP) is 8.82. The van der Waals surface area contributed by atoms with E-state index in [1.165, 1.54) is 24.5 Å². The second-order valence-electron chi connectivity index (χ2n) is 12.7. The van der Waals surface area contributed by atoms with Gasteiger partial charge in [-0.25, -0.2) is 4.89 Å². The van der Waals surface area contributed by atoms with Crippen LogP contribution in [0.25, 0.3) is 6.08 Å². The van der Waals surface area contributed by atoms with E-state index in [2.05, 4.69) is 34.3 Å². The molecule has 2 aromatic carbocycles. The smallest absolute Gasteiger partial charge is 0.311 e. The van der Waals surface area contributed by atoms with Gasteiger partial charge < -0.3 is 14.2 Å². The molecular formula is C38H50O7. The van der Waals surface area contributed by atoms with Crippen LogP contribution in [0.3, 0.4) is 0 Å². The summed E-state index contributed by atoms with van der Waals surface area (Å²) in [6, 6.07) is 11.3. The molecule has 244 valence electrons. The van der Waals surface area contributed by atoms with Gasteiger partial charge in [0.2, 0.25) is 0 Å². The molecule has 2 fully saturated rings. The molecule has 0 bridgehead atoms. The molecule has 1 heterocycles. The number of allylic oxidation sites excluding steroid dienone is 2. The summed E-state index contributed by atoms with van der Waals surface area (Å²) in [6.07, 6.45) is 13.3. The maximum Gasteiger partial charge on any atom is 0.311 e. The minimum absolute atomic E-state index is 0.167. The van der Waals surface area contributed by atoms with Gasteiger partial charge in [-0.3, -0.25) is 9.59 Å². The molecule has 7 heteroatoms. The first kappa shape index (κ1) is 34.6. The molecule has 4 unspecified atom stereocenters. The Morgan fingerprint density at radius 1 is 1.04 bits per heavy atom. The Morgan fingerprint density at radius 3 is 2.42 bits per heavy atom. The largest absolute Gasteiger partial charge is 0.488 e.